The Morgan fingerprint density at radius 2 is 1.39 bits per heavy atom. The van der Waals surface area contributed by atoms with Crippen molar-refractivity contribution < 1.29 is 47.6 Å². The third-order valence-electron chi connectivity index (χ3n) is 5.38. The molecule has 214 valence electrons. The molecule has 11 heteroatoms. The lowest BCUT2D eigenvalue weighted by molar-refractivity contribution is -0.161. The van der Waals surface area contributed by atoms with Crippen molar-refractivity contribution in [3.8, 4) is 11.5 Å². The van der Waals surface area contributed by atoms with E-state index in [0.29, 0.717) is 24.8 Å². The molecule has 2 N–H and O–H groups in total. The van der Waals surface area contributed by atoms with Gasteiger partial charge >= 0.3 is 24.2 Å². The van der Waals surface area contributed by atoms with E-state index < -0.39 is 30.4 Å². The smallest absolute Gasteiger partial charge is 0.461 e. The van der Waals surface area contributed by atoms with Crippen LogP contribution in [-0.4, -0.2) is 56.2 Å². The van der Waals surface area contributed by atoms with Crippen LogP contribution in [-0.2, 0) is 35.0 Å². The first-order valence-corrected chi connectivity index (χ1v) is 13.1. The van der Waals surface area contributed by atoms with Crippen LogP contribution < -0.4 is 15.2 Å². The summed E-state index contributed by atoms with van der Waals surface area (Å²) >= 11 is 0. The van der Waals surface area contributed by atoms with Gasteiger partial charge in [0.05, 0.1) is 19.1 Å². The molecule has 0 aromatic heterocycles. The fourth-order valence-corrected chi connectivity index (χ4v) is 2.84. The minimum Gasteiger partial charge on any atom is -0.461 e. The van der Waals surface area contributed by atoms with Crippen LogP contribution in [0.25, 0.3) is 0 Å². The van der Waals surface area contributed by atoms with Crippen LogP contribution >= 0.6 is 0 Å². The predicted octanol–water partition coefficient (Wildman–Crippen LogP) is 4.71. The van der Waals surface area contributed by atoms with E-state index in [4.69, 9.17) is 34.2 Å². The number of nitrogens with two attached hydrogens (primary N) is 1. The van der Waals surface area contributed by atoms with Gasteiger partial charge in [-0.3, -0.25) is 9.59 Å². The Morgan fingerprint density at radius 1 is 0.816 bits per heavy atom. The first-order chi connectivity index (χ1) is 18.1. The van der Waals surface area contributed by atoms with Crippen LogP contribution in [0.4, 0.5) is 9.59 Å². The number of unbranched alkanes of at least 4 members (excludes halogenated alkanes) is 2. The lowest BCUT2D eigenvalue weighted by Crippen LogP contribution is -2.36. The summed E-state index contributed by atoms with van der Waals surface area (Å²) < 4.78 is 30.9. The standard InChI is InChI=1S/C27H41NO10/c1-6-9-13-33-26(31)37-22-12-11-20(16-23(22)38-27(32)34-14-10-7-2)15-21(28)25(30)35-17-19(5)36-24(29)18(4)8-3/h11-12,16,18-19,21H,6-10,13-15,17,28H2,1-5H3/t18?,19-,21-/m0/s1. The van der Waals surface area contributed by atoms with Crippen LogP contribution in [0.1, 0.15) is 72.3 Å². The van der Waals surface area contributed by atoms with Crippen molar-refractivity contribution in [1.82, 2.24) is 0 Å². The highest BCUT2D eigenvalue weighted by Crippen LogP contribution is 2.30. The molecule has 0 saturated heterocycles. The van der Waals surface area contributed by atoms with Crippen LogP contribution in [0.3, 0.4) is 0 Å². The Balaban J connectivity index is 2.83. The second-order valence-electron chi connectivity index (χ2n) is 8.89. The summed E-state index contributed by atoms with van der Waals surface area (Å²) in [6, 6.07) is 3.33. The number of hydrogen-bond donors (Lipinski definition) is 1. The Bertz CT molecular complexity index is 904. The molecule has 1 rings (SSSR count). The molecule has 0 spiro atoms. The second-order valence-corrected chi connectivity index (χ2v) is 8.89. The van der Waals surface area contributed by atoms with Gasteiger partial charge in [-0.2, -0.15) is 0 Å². The number of carbonyl (C=O) groups excluding carboxylic acids is 4. The predicted molar refractivity (Wildman–Crippen MR) is 138 cm³/mol. The van der Waals surface area contributed by atoms with E-state index >= 15 is 0 Å². The van der Waals surface area contributed by atoms with E-state index in [2.05, 4.69) is 0 Å². The summed E-state index contributed by atoms with van der Waals surface area (Å²) in [6.07, 6.45) is 1.13. The molecule has 0 bridgehead atoms. The number of carbonyl (C=O) groups is 4. The minimum absolute atomic E-state index is 0.0301. The summed E-state index contributed by atoms with van der Waals surface area (Å²) in [5.41, 5.74) is 6.51. The monoisotopic (exact) mass is 539 g/mol. The van der Waals surface area contributed by atoms with Gasteiger partial charge in [0.1, 0.15) is 18.8 Å². The van der Waals surface area contributed by atoms with Crippen molar-refractivity contribution in [2.45, 2.75) is 85.3 Å². The van der Waals surface area contributed by atoms with Gasteiger partial charge in [-0.1, -0.05) is 46.6 Å². The average Bonchev–Trinajstić information content (AvgIpc) is 2.88. The molecule has 38 heavy (non-hydrogen) atoms. The number of ether oxygens (including phenoxy) is 6. The highest BCUT2D eigenvalue weighted by atomic mass is 16.7. The van der Waals surface area contributed by atoms with Crippen molar-refractivity contribution in [2.24, 2.45) is 11.7 Å². The second kappa shape index (κ2) is 18.0. The number of rotatable bonds is 16. The number of benzene rings is 1. The fraction of sp³-hybridized carbons (Fsp3) is 0.630. The van der Waals surface area contributed by atoms with Crippen molar-refractivity contribution in [3.05, 3.63) is 23.8 Å². The number of esters is 2. The SMILES string of the molecule is CCCCOC(=O)Oc1ccc(C[C@H](N)C(=O)OC[C@H](C)OC(=O)C(C)CC)cc1OC(=O)OCCCC. The molecule has 1 aromatic carbocycles. The van der Waals surface area contributed by atoms with Crippen molar-refractivity contribution >= 4 is 24.2 Å². The van der Waals surface area contributed by atoms with Gasteiger partial charge in [-0.15, -0.1) is 0 Å². The lowest BCUT2D eigenvalue weighted by atomic mass is 10.1. The molecule has 0 aliphatic heterocycles. The highest BCUT2D eigenvalue weighted by Gasteiger charge is 2.22. The van der Waals surface area contributed by atoms with E-state index in [1.807, 2.05) is 20.8 Å². The van der Waals surface area contributed by atoms with Crippen molar-refractivity contribution in [1.29, 1.82) is 0 Å². The highest BCUT2D eigenvalue weighted by molar-refractivity contribution is 5.76. The van der Waals surface area contributed by atoms with Crippen LogP contribution in [0.5, 0.6) is 11.5 Å². The Labute approximate surface area is 224 Å². The first-order valence-electron chi connectivity index (χ1n) is 13.1. The quantitative estimate of drug-likeness (QED) is 0.135. The van der Waals surface area contributed by atoms with E-state index in [9.17, 15) is 19.2 Å². The van der Waals surface area contributed by atoms with Gasteiger partial charge in [0.15, 0.2) is 11.5 Å². The van der Waals surface area contributed by atoms with E-state index in [-0.39, 0.29) is 49.6 Å². The summed E-state index contributed by atoms with van der Waals surface area (Å²) in [4.78, 5) is 48.4. The zero-order valence-electron chi connectivity index (χ0n) is 23.0. The van der Waals surface area contributed by atoms with E-state index in [1.165, 1.54) is 12.1 Å². The Hall–Kier alpha value is -3.34. The van der Waals surface area contributed by atoms with Gasteiger partial charge in [-0.05, 0) is 50.3 Å². The minimum atomic E-state index is -1.05. The molecule has 0 radical (unpaired) electrons. The fourth-order valence-electron chi connectivity index (χ4n) is 2.84. The first kappa shape index (κ1) is 32.7. The van der Waals surface area contributed by atoms with Gasteiger partial charge in [0, 0.05) is 0 Å². The third kappa shape index (κ3) is 12.8. The Kier molecular flexibility index (Phi) is 15.5. The molecular formula is C27H41NO10. The molecule has 1 unspecified atom stereocenters. The molecule has 0 aliphatic carbocycles. The molecule has 0 amide bonds. The molecule has 0 saturated carbocycles. The average molecular weight is 540 g/mol. The van der Waals surface area contributed by atoms with Gasteiger partial charge in [0.25, 0.3) is 0 Å². The van der Waals surface area contributed by atoms with E-state index in [0.717, 1.165) is 12.8 Å². The van der Waals surface area contributed by atoms with E-state index in [1.54, 1.807) is 19.9 Å². The normalized spacial score (nSPS) is 13.0. The van der Waals surface area contributed by atoms with Crippen molar-refractivity contribution in [2.75, 3.05) is 19.8 Å². The maximum atomic E-state index is 12.4. The zero-order valence-corrected chi connectivity index (χ0v) is 23.0. The van der Waals surface area contributed by atoms with Crippen LogP contribution in [0, 0.1) is 5.92 Å². The third-order valence-corrected chi connectivity index (χ3v) is 5.38. The summed E-state index contributed by atoms with van der Waals surface area (Å²) in [5.74, 6) is -1.46. The summed E-state index contributed by atoms with van der Waals surface area (Å²) in [7, 11) is 0. The largest absolute Gasteiger partial charge is 0.513 e. The van der Waals surface area contributed by atoms with Gasteiger partial charge in [-0.25, -0.2) is 9.59 Å². The molecule has 0 heterocycles. The number of hydrogen-bond acceptors (Lipinski definition) is 11. The molecule has 11 nitrogen and oxygen atoms in total. The maximum absolute atomic E-state index is 12.4. The molecule has 3 atom stereocenters. The molecule has 0 fully saturated rings. The van der Waals surface area contributed by atoms with Crippen LogP contribution in [0.2, 0.25) is 0 Å². The zero-order chi connectivity index (χ0) is 28.5. The lowest BCUT2D eigenvalue weighted by Gasteiger charge is -2.18. The Morgan fingerprint density at radius 3 is 1.95 bits per heavy atom. The summed E-state index contributed by atoms with van der Waals surface area (Å²) in [6.45, 7) is 9.37. The van der Waals surface area contributed by atoms with Crippen LogP contribution in [0.15, 0.2) is 18.2 Å². The van der Waals surface area contributed by atoms with Crippen molar-refractivity contribution in [3.63, 3.8) is 0 Å². The van der Waals surface area contributed by atoms with Gasteiger partial charge in [0.2, 0.25) is 0 Å². The van der Waals surface area contributed by atoms with Gasteiger partial charge < -0.3 is 34.2 Å². The maximum Gasteiger partial charge on any atom is 0.513 e. The topological polar surface area (TPSA) is 150 Å². The molecule has 1 aromatic rings. The summed E-state index contributed by atoms with van der Waals surface area (Å²) in [5, 5.41) is 0. The molecular weight excluding hydrogens is 498 g/mol. The molecule has 0 aliphatic rings.